The van der Waals surface area contributed by atoms with Crippen LogP contribution in [0.5, 0.6) is 5.75 Å². The van der Waals surface area contributed by atoms with Gasteiger partial charge in [0.25, 0.3) is 5.91 Å². The number of rotatable bonds is 6. The predicted molar refractivity (Wildman–Crippen MR) is 89.5 cm³/mol. The summed E-state index contributed by atoms with van der Waals surface area (Å²) in [6.07, 6.45) is 1.31. The van der Waals surface area contributed by atoms with E-state index in [9.17, 15) is 14.7 Å². The number of carbonyl (C=O) groups excluding carboxylic acids is 2. The van der Waals surface area contributed by atoms with Gasteiger partial charge in [-0.1, -0.05) is 35.9 Å². The van der Waals surface area contributed by atoms with E-state index >= 15 is 0 Å². The average Bonchev–Trinajstić information content (AvgIpc) is 2.56. The van der Waals surface area contributed by atoms with Gasteiger partial charge in [-0.05, 0) is 42.8 Å². The fourth-order valence-corrected chi connectivity index (χ4v) is 2.20. The molecule has 6 heteroatoms. The van der Waals surface area contributed by atoms with Crippen molar-refractivity contribution in [2.75, 3.05) is 6.61 Å². The van der Waals surface area contributed by atoms with E-state index < -0.39 is 11.9 Å². The minimum atomic E-state index is -1.50. The lowest BCUT2D eigenvalue weighted by atomic mass is 10.1. The zero-order chi connectivity index (χ0) is 17.5. The van der Waals surface area contributed by atoms with Gasteiger partial charge in [-0.2, -0.15) is 0 Å². The number of benzene rings is 2. The Morgan fingerprint density at radius 3 is 2.42 bits per heavy atom. The van der Waals surface area contributed by atoms with Gasteiger partial charge in [0.1, 0.15) is 5.75 Å². The smallest absolute Gasteiger partial charge is 0.257 e. The van der Waals surface area contributed by atoms with Gasteiger partial charge in [0.05, 0.1) is 28.9 Å². The molecule has 0 heterocycles. The summed E-state index contributed by atoms with van der Waals surface area (Å²) in [4.78, 5) is 23.4. The van der Waals surface area contributed by atoms with Gasteiger partial charge in [0, 0.05) is 0 Å². The average molecular weight is 345 g/mol. The Bertz CT molecular complexity index is 769. The van der Waals surface area contributed by atoms with Crippen LogP contribution in [-0.4, -0.2) is 18.5 Å². The number of hydrogen-bond donors (Lipinski definition) is 1. The highest BCUT2D eigenvalue weighted by Gasteiger charge is 2.11. The molecular weight excluding hydrogens is 330 g/mol. The molecule has 0 bridgehead atoms. The number of carbonyl (C=O) groups is 2. The first kappa shape index (κ1) is 17.6. The topological polar surface area (TPSA) is 78.5 Å². The van der Waals surface area contributed by atoms with Crippen molar-refractivity contribution in [2.45, 2.75) is 6.92 Å². The van der Waals surface area contributed by atoms with E-state index in [1.165, 1.54) is 12.1 Å². The largest absolute Gasteiger partial charge is 0.543 e. The lowest BCUT2D eigenvalue weighted by Gasteiger charge is -2.12. The van der Waals surface area contributed by atoms with Crippen LogP contribution in [-0.2, 0) is 4.79 Å². The summed E-state index contributed by atoms with van der Waals surface area (Å²) in [5.74, 6) is -1.45. The number of hydrogen-bond acceptors (Lipinski definition) is 4. The number of nitrogens with one attached hydrogen (secondary N) is 1. The lowest BCUT2D eigenvalue weighted by Crippen LogP contribution is -2.35. The Hall–Kier alpha value is -2.79. The van der Waals surface area contributed by atoms with Crippen molar-refractivity contribution < 1.29 is 19.4 Å². The summed E-state index contributed by atoms with van der Waals surface area (Å²) in [6, 6.07) is 13.1. The molecule has 0 spiro atoms. The highest BCUT2D eigenvalue weighted by molar-refractivity contribution is 6.34. The standard InChI is InChI=1S/C18H16ClNO4/c1-2-24-13-9-7-12(8-10-13)11-16(18(22)23)20-17(21)14-5-3-4-6-15(14)19/h3-11H,2H2,1H3,(H,20,21)(H,22,23)/p-1/b16-11+. The first-order chi connectivity index (χ1) is 11.5. The Kier molecular flexibility index (Phi) is 5.98. The second-order valence-corrected chi connectivity index (χ2v) is 5.19. The van der Waals surface area contributed by atoms with Crippen LogP contribution in [0.15, 0.2) is 54.2 Å². The van der Waals surface area contributed by atoms with E-state index in [0.29, 0.717) is 17.9 Å². The number of amides is 1. The van der Waals surface area contributed by atoms with Crippen LogP contribution < -0.4 is 15.2 Å². The fraction of sp³-hybridized carbons (Fsp3) is 0.111. The van der Waals surface area contributed by atoms with Crippen molar-refractivity contribution >= 4 is 29.6 Å². The lowest BCUT2D eigenvalue weighted by molar-refractivity contribution is -0.299. The molecule has 2 aromatic rings. The highest BCUT2D eigenvalue weighted by atomic mass is 35.5. The van der Waals surface area contributed by atoms with Crippen LogP contribution in [0.1, 0.15) is 22.8 Å². The molecule has 1 amide bonds. The second-order valence-electron chi connectivity index (χ2n) is 4.78. The van der Waals surface area contributed by atoms with Crippen LogP contribution in [0.2, 0.25) is 5.02 Å². The van der Waals surface area contributed by atoms with Crippen molar-refractivity contribution in [1.82, 2.24) is 5.32 Å². The molecule has 2 rings (SSSR count). The van der Waals surface area contributed by atoms with Crippen LogP contribution >= 0.6 is 11.6 Å². The maximum atomic E-state index is 12.2. The van der Waals surface area contributed by atoms with Crippen LogP contribution in [0.25, 0.3) is 6.08 Å². The van der Waals surface area contributed by atoms with Gasteiger partial charge in [-0.3, -0.25) is 4.79 Å². The molecule has 0 aromatic heterocycles. The molecule has 0 aliphatic carbocycles. The minimum absolute atomic E-state index is 0.179. The Labute approximate surface area is 144 Å². The molecule has 0 radical (unpaired) electrons. The zero-order valence-electron chi connectivity index (χ0n) is 12.9. The Morgan fingerprint density at radius 2 is 1.83 bits per heavy atom. The molecule has 2 aromatic carbocycles. The Morgan fingerprint density at radius 1 is 1.17 bits per heavy atom. The van der Waals surface area contributed by atoms with Crippen LogP contribution in [0.4, 0.5) is 0 Å². The van der Waals surface area contributed by atoms with E-state index in [4.69, 9.17) is 16.3 Å². The van der Waals surface area contributed by atoms with Gasteiger partial charge in [0.15, 0.2) is 0 Å². The fourth-order valence-electron chi connectivity index (χ4n) is 1.97. The van der Waals surface area contributed by atoms with E-state index in [-0.39, 0.29) is 16.3 Å². The quantitative estimate of drug-likeness (QED) is 0.815. The van der Waals surface area contributed by atoms with Crippen molar-refractivity contribution in [3.63, 3.8) is 0 Å². The Balaban J connectivity index is 2.21. The third-order valence-corrected chi connectivity index (χ3v) is 3.42. The van der Waals surface area contributed by atoms with E-state index in [1.807, 2.05) is 6.92 Å². The molecule has 0 atom stereocenters. The summed E-state index contributed by atoms with van der Waals surface area (Å²) in [7, 11) is 0. The minimum Gasteiger partial charge on any atom is -0.543 e. The highest BCUT2D eigenvalue weighted by Crippen LogP contribution is 2.16. The molecule has 24 heavy (non-hydrogen) atoms. The SMILES string of the molecule is CCOc1ccc(/C=C(/NC(=O)c2ccccc2Cl)C(=O)[O-])cc1. The van der Waals surface area contributed by atoms with Gasteiger partial charge in [0.2, 0.25) is 0 Å². The van der Waals surface area contributed by atoms with Gasteiger partial charge in [-0.25, -0.2) is 0 Å². The first-order valence-electron chi connectivity index (χ1n) is 7.23. The summed E-state index contributed by atoms with van der Waals surface area (Å²) < 4.78 is 5.32. The first-order valence-corrected chi connectivity index (χ1v) is 7.61. The molecule has 0 saturated carbocycles. The summed E-state index contributed by atoms with van der Waals surface area (Å²) in [5.41, 5.74) is 0.402. The molecule has 0 aliphatic rings. The second kappa shape index (κ2) is 8.17. The zero-order valence-corrected chi connectivity index (χ0v) is 13.7. The van der Waals surface area contributed by atoms with E-state index in [2.05, 4.69) is 5.32 Å². The third kappa shape index (κ3) is 4.60. The number of ether oxygens (including phenoxy) is 1. The van der Waals surface area contributed by atoms with Crippen LogP contribution in [0, 0.1) is 0 Å². The van der Waals surface area contributed by atoms with Gasteiger partial charge < -0.3 is 20.0 Å². The van der Waals surface area contributed by atoms with Crippen molar-refractivity contribution in [1.29, 1.82) is 0 Å². The molecular formula is C18H15ClNO4-. The molecule has 0 unspecified atom stereocenters. The van der Waals surface area contributed by atoms with E-state index in [0.717, 1.165) is 0 Å². The van der Waals surface area contributed by atoms with Crippen molar-refractivity contribution in [2.24, 2.45) is 0 Å². The third-order valence-electron chi connectivity index (χ3n) is 3.09. The normalized spacial score (nSPS) is 11.0. The number of carboxylic acid groups (broad SMARTS) is 1. The van der Waals surface area contributed by atoms with Crippen molar-refractivity contribution in [3.8, 4) is 5.75 Å². The van der Waals surface area contributed by atoms with Gasteiger partial charge in [-0.15, -0.1) is 0 Å². The number of carboxylic acids is 1. The number of halogens is 1. The van der Waals surface area contributed by atoms with Crippen LogP contribution in [0.3, 0.4) is 0 Å². The summed E-state index contributed by atoms with van der Waals surface area (Å²) in [6.45, 7) is 2.40. The van der Waals surface area contributed by atoms with E-state index in [1.54, 1.807) is 42.5 Å². The molecule has 1 N–H and O–H groups in total. The van der Waals surface area contributed by atoms with Gasteiger partial charge >= 0.3 is 0 Å². The summed E-state index contributed by atoms with van der Waals surface area (Å²) >= 11 is 5.93. The maximum absolute atomic E-state index is 12.2. The maximum Gasteiger partial charge on any atom is 0.257 e. The molecule has 0 saturated heterocycles. The number of aliphatic carboxylic acids is 1. The monoisotopic (exact) mass is 344 g/mol. The molecule has 0 fully saturated rings. The van der Waals surface area contributed by atoms with Crippen molar-refractivity contribution in [3.05, 3.63) is 70.4 Å². The summed E-state index contributed by atoms with van der Waals surface area (Å²) in [5, 5.41) is 13.8. The molecule has 124 valence electrons. The molecule has 0 aliphatic heterocycles. The predicted octanol–water partition coefficient (Wildman–Crippen LogP) is 2.26. The molecule has 5 nitrogen and oxygen atoms in total.